The van der Waals surface area contributed by atoms with Gasteiger partial charge in [0.15, 0.2) is 5.96 Å². The molecule has 9 heteroatoms. The molecule has 0 saturated heterocycles. The van der Waals surface area contributed by atoms with Crippen molar-refractivity contribution >= 4 is 17.8 Å². The van der Waals surface area contributed by atoms with Gasteiger partial charge in [0, 0.05) is 38.1 Å². The molecule has 0 fully saturated rings. The standard InChI is InChI=1S/C23H27N7O2/c1-25-23(27-13-17-7-9-18(10-8-17)22(32)26-15-21(24)31)28-14-19-5-2-3-6-20(19)16-30-12-4-11-29-30/h2-12H,13-16H2,1H3,(H2,24,31)(H,26,32)(H2,25,27,28). The number of guanidine groups is 1. The van der Waals surface area contributed by atoms with Gasteiger partial charge in [-0.25, -0.2) is 0 Å². The highest BCUT2D eigenvalue weighted by molar-refractivity contribution is 5.96. The normalized spacial score (nSPS) is 11.1. The van der Waals surface area contributed by atoms with Crippen LogP contribution in [0.2, 0.25) is 0 Å². The van der Waals surface area contributed by atoms with Crippen molar-refractivity contribution in [2.45, 2.75) is 19.6 Å². The van der Waals surface area contributed by atoms with Crippen LogP contribution in [0.25, 0.3) is 0 Å². The van der Waals surface area contributed by atoms with E-state index in [1.54, 1.807) is 25.4 Å². The SMILES string of the molecule is CN=C(NCc1ccc(C(=O)NCC(N)=O)cc1)NCc1ccccc1Cn1cccn1. The fraction of sp³-hybridized carbons (Fsp3) is 0.217. The van der Waals surface area contributed by atoms with Crippen LogP contribution in [0, 0.1) is 0 Å². The molecule has 3 aromatic rings. The smallest absolute Gasteiger partial charge is 0.251 e. The topological polar surface area (TPSA) is 126 Å². The number of hydrogen-bond donors (Lipinski definition) is 4. The number of nitrogens with zero attached hydrogens (tertiary/aromatic N) is 3. The monoisotopic (exact) mass is 433 g/mol. The van der Waals surface area contributed by atoms with E-state index in [1.807, 2.05) is 41.2 Å². The molecule has 3 rings (SSSR count). The number of carbonyl (C=O) groups excluding carboxylic acids is 2. The maximum atomic E-state index is 12.0. The molecular formula is C23H27N7O2. The number of nitrogens with one attached hydrogen (secondary N) is 3. The van der Waals surface area contributed by atoms with Crippen LogP contribution < -0.4 is 21.7 Å². The van der Waals surface area contributed by atoms with E-state index < -0.39 is 5.91 Å². The molecule has 166 valence electrons. The summed E-state index contributed by atoms with van der Waals surface area (Å²) in [4.78, 5) is 27.0. The first-order valence-electron chi connectivity index (χ1n) is 10.2. The fourth-order valence-corrected chi connectivity index (χ4v) is 3.08. The molecule has 5 N–H and O–H groups in total. The van der Waals surface area contributed by atoms with Gasteiger partial charge in [0.25, 0.3) is 5.91 Å². The molecule has 0 unspecified atom stereocenters. The van der Waals surface area contributed by atoms with Gasteiger partial charge in [-0.05, 0) is 34.9 Å². The second-order valence-corrected chi connectivity index (χ2v) is 7.10. The molecule has 2 aromatic carbocycles. The van der Waals surface area contributed by atoms with E-state index in [4.69, 9.17) is 5.73 Å². The van der Waals surface area contributed by atoms with Crippen LogP contribution in [0.4, 0.5) is 0 Å². The van der Waals surface area contributed by atoms with E-state index in [-0.39, 0.29) is 12.5 Å². The van der Waals surface area contributed by atoms with Gasteiger partial charge in [-0.3, -0.25) is 19.3 Å². The zero-order valence-electron chi connectivity index (χ0n) is 17.9. The summed E-state index contributed by atoms with van der Waals surface area (Å²) in [5, 5.41) is 13.3. The van der Waals surface area contributed by atoms with Crippen molar-refractivity contribution in [3.05, 3.63) is 89.2 Å². The highest BCUT2D eigenvalue weighted by Gasteiger charge is 2.07. The van der Waals surface area contributed by atoms with Crippen molar-refractivity contribution in [2.24, 2.45) is 10.7 Å². The molecule has 1 heterocycles. The van der Waals surface area contributed by atoms with E-state index in [1.165, 1.54) is 5.56 Å². The van der Waals surface area contributed by atoms with E-state index in [9.17, 15) is 9.59 Å². The average Bonchev–Trinajstić information content (AvgIpc) is 3.32. The Kier molecular flexibility index (Phi) is 7.96. The number of primary amides is 1. The number of amides is 2. The highest BCUT2D eigenvalue weighted by Crippen LogP contribution is 2.10. The zero-order valence-corrected chi connectivity index (χ0v) is 17.9. The van der Waals surface area contributed by atoms with E-state index in [0.29, 0.717) is 31.2 Å². The minimum absolute atomic E-state index is 0.185. The van der Waals surface area contributed by atoms with Gasteiger partial charge in [-0.2, -0.15) is 5.10 Å². The van der Waals surface area contributed by atoms with Gasteiger partial charge < -0.3 is 21.7 Å². The van der Waals surface area contributed by atoms with E-state index >= 15 is 0 Å². The maximum absolute atomic E-state index is 12.0. The predicted octanol–water partition coefficient (Wildman–Crippen LogP) is 1.01. The van der Waals surface area contributed by atoms with Gasteiger partial charge in [0.05, 0.1) is 13.1 Å². The largest absolute Gasteiger partial charge is 0.368 e. The molecule has 32 heavy (non-hydrogen) atoms. The Bertz CT molecular complexity index is 1060. The molecule has 0 aliphatic rings. The Morgan fingerprint density at radius 1 is 0.969 bits per heavy atom. The lowest BCUT2D eigenvalue weighted by Gasteiger charge is -2.14. The minimum atomic E-state index is -0.581. The van der Waals surface area contributed by atoms with Crippen LogP contribution in [-0.2, 0) is 24.4 Å². The van der Waals surface area contributed by atoms with Crippen molar-refractivity contribution in [1.29, 1.82) is 0 Å². The Hall–Kier alpha value is -4.14. The van der Waals surface area contributed by atoms with Gasteiger partial charge >= 0.3 is 0 Å². The second-order valence-electron chi connectivity index (χ2n) is 7.10. The fourth-order valence-electron chi connectivity index (χ4n) is 3.08. The Morgan fingerprint density at radius 2 is 1.69 bits per heavy atom. The van der Waals surface area contributed by atoms with Crippen molar-refractivity contribution in [2.75, 3.05) is 13.6 Å². The quantitative estimate of drug-likeness (QED) is 0.296. The second kappa shape index (κ2) is 11.3. The van der Waals surface area contributed by atoms with E-state index in [0.717, 1.165) is 11.1 Å². The summed E-state index contributed by atoms with van der Waals surface area (Å²) >= 11 is 0. The molecule has 0 spiro atoms. The first-order chi connectivity index (χ1) is 15.5. The van der Waals surface area contributed by atoms with Crippen LogP contribution >= 0.6 is 0 Å². The Morgan fingerprint density at radius 3 is 2.34 bits per heavy atom. The van der Waals surface area contributed by atoms with Crippen LogP contribution in [0.5, 0.6) is 0 Å². The number of nitrogens with two attached hydrogens (primary N) is 1. The van der Waals surface area contributed by atoms with E-state index in [2.05, 4.69) is 38.2 Å². The lowest BCUT2D eigenvalue weighted by atomic mass is 10.1. The molecule has 1 aromatic heterocycles. The highest BCUT2D eigenvalue weighted by atomic mass is 16.2. The summed E-state index contributed by atoms with van der Waals surface area (Å²) in [7, 11) is 1.72. The summed E-state index contributed by atoms with van der Waals surface area (Å²) in [6.07, 6.45) is 3.71. The summed E-state index contributed by atoms with van der Waals surface area (Å²) in [6, 6.07) is 17.2. The third-order valence-electron chi connectivity index (χ3n) is 4.78. The Labute approximate surface area is 186 Å². The molecule has 2 amide bonds. The average molecular weight is 434 g/mol. The van der Waals surface area contributed by atoms with Crippen molar-refractivity contribution in [1.82, 2.24) is 25.7 Å². The lowest BCUT2D eigenvalue weighted by molar-refractivity contribution is -0.117. The number of rotatable bonds is 9. The van der Waals surface area contributed by atoms with Gasteiger partial charge in [-0.1, -0.05) is 36.4 Å². The number of hydrogen-bond acceptors (Lipinski definition) is 4. The summed E-state index contributed by atoms with van der Waals surface area (Å²) in [5.41, 5.74) is 8.84. The minimum Gasteiger partial charge on any atom is -0.368 e. The molecule has 0 bridgehead atoms. The number of carbonyl (C=O) groups is 2. The maximum Gasteiger partial charge on any atom is 0.251 e. The van der Waals surface area contributed by atoms with Crippen LogP contribution in [0.3, 0.4) is 0 Å². The van der Waals surface area contributed by atoms with Crippen molar-refractivity contribution in [3.8, 4) is 0 Å². The third kappa shape index (κ3) is 6.69. The molecule has 0 saturated carbocycles. The van der Waals surface area contributed by atoms with Crippen molar-refractivity contribution in [3.63, 3.8) is 0 Å². The van der Waals surface area contributed by atoms with Gasteiger partial charge in [-0.15, -0.1) is 0 Å². The number of aromatic nitrogens is 2. The molecular weight excluding hydrogens is 406 g/mol. The van der Waals surface area contributed by atoms with Crippen LogP contribution in [-0.4, -0.2) is 41.1 Å². The molecule has 0 radical (unpaired) electrons. The molecule has 9 nitrogen and oxygen atoms in total. The summed E-state index contributed by atoms with van der Waals surface area (Å²) in [6.45, 7) is 1.68. The molecule has 0 aliphatic heterocycles. The first kappa shape index (κ1) is 22.5. The summed E-state index contributed by atoms with van der Waals surface area (Å²) < 4.78 is 1.89. The zero-order chi connectivity index (χ0) is 22.8. The van der Waals surface area contributed by atoms with Crippen LogP contribution in [0.15, 0.2) is 72.0 Å². The predicted molar refractivity (Wildman–Crippen MR) is 123 cm³/mol. The Balaban J connectivity index is 1.51. The third-order valence-corrected chi connectivity index (χ3v) is 4.78. The van der Waals surface area contributed by atoms with Gasteiger partial charge in [0.2, 0.25) is 5.91 Å². The van der Waals surface area contributed by atoms with Gasteiger partial charge in [0.1, 0.15) is 0 Å². The lowest BCUT2D eigenvalue weighted by Crippen LogP contribution is -2.36. The number of benzene rings is 2. The molecule has 0 atom stereocenters. The number of aliphatic imine (C=N–C) groups is 1. The summed E-state index contributed by atoms with van der Waals surface area (Å²) in [5.74, 6) is -0.251. The molecule has 0 aliphatic carbocycles. The first-order valence-corrected chi connectivity index (χ1v) is 10.2. The van der Waals surface area contributed by atoms with Crippen molar-refractivity contribution < 1.29 is 9.59 Å². The van der Waals surface area contributed by atoms with Crippen LogP contribution in [0.1, 0.15) is 27.0 Å².